The Bertz CT molecular complexity index is 407. The number of oxime groups is 1. The second kappa shape index (κ2) is 6.39. The van der Waals surface area contributed by atoms with Crippen molar-refractivity contribution in [1.29, 1.82) is 0 Å². The summed E-state index contributed by atoms with van der Waals surface area (Å²) in [6.45, 7) is 5.01. The van der Waals surface area contributed by atoms with Gasteiger partial charge in [-0.2, -0.15) is 0 Å². The van der Waals surface area contributed by atoms with Gasteiger partial charge in [-0.15, -0.1) is 11.8 Å². The molecule has 0 unspecified atom stereocenters. The van der Waals surface area contributed by atoms with Gasteiger partial charge in [0.25, 0.3) is 0 Å². The Kier molecular flexibility index (Phi) is 5.15. The van der Waals surface area contributed by atoms with Gasteiger partial charge in [0.05, 0.1) is 5.56 Å². The first kappa shape index (κ1) is 13.7. The fraction of sp³-hybridized carbons (Fsp3) is 0.417. The monoisotopic (exact) mass is 253 g/mol. The molecule has 0 aliphatic carbocycles. The van der Waals surface area contributed by atoms with Crippen LogP contribution in [-0.2, 0) is 0 Å². The highest BCUT2D eigenvalue weighted by atomic mass is 32.2. The van der Waals surface area contributed by atoms with Crippen LogP contribution in [-0.4, -0.2) is 30.4 Å². The van der Waals surface area contributed by atoms with E-state index in [9.17, 15) is 0 Å². The van der Waals surface area contributed by atoms with E-state index in [0.717, 1.165) is 28.4 Å². The van der Waals surface area contributed by atoms with Crippen molar-refractivity contribution in [3.63, 3.8) is 0 Å². The van der Waals surface area contributed by atoms with Gasteiger partial charge in [0.2, 0.25) is 0 Å². The molecule has 0 saturated heterocycles. The van der Waals surface area contributed by atoms with E-state index in [1.807, 2.05) is 25.2 Å². The van der Waals surface area contributed by atoms with E-state index in [2.05, 4.69) is 23.9 Å². The van der Waals surface area contributed by atoms with E-state index in [1.54, 1.807) is 11.8 Å². The summed E-state index contributed by atoms with van der Waals surface area (Å²) in [6.07, 6.45) is 0. The summed E-state index contributed by atoms with van der Waals surface area (Å²) in [6, 6.07) is 5.97. The summed E-state index contributed by atoms with van der Waals surface area (Å²) >= 11 is 1.69. The molecule has 4 nitrogen and oxygen atoms in total. The maximum atomic E-state index is 8.89. The molecule has 94 valence electrons. The number of anilines is 1. The van der Waals surface area contributed by atoms with Crippen molar-refractivity contribution in [2.75, 3.05) is 24.2 Å². The molecule has 3 N–H and O–H groups in total. The minimum absolute atomic E-state index is 0.164. The maximum Gasteiger partial charge on any atom is 0.173 e. The largest absolute Gasteiger partial charge is 0.409 e. The number of hydrogen-bond acceptors (Lipinski definition) is 4. The van der Waals surface area contributed by atoms with E-state index in [4.69, 9.17) is 10.9 Å². The highest BCUT2D eigenvalue weighted by Crippen LogP contribution is 2.30. The van der Waals surface area contributed by atoms with Crippen LogP contribution < -0.4 is 10.6 Å². The lowest BCUT2D eigenvalue weighted by Crippen LogP contribution is -2.23. The molecule has 0 saturated carbocycles. The quantitative estimate of drug-likeness (QED) is 0.278. The Hall–Kier alpha value is -1.36. The van der Waals surface area contributed by atoms with Crippen LogP contribution in [0.25, 0.3) is 0 Å². The van der Waals surface area contributed by atoms with Crippen LogP contribution in [0.1, 0.15) is 19.4 Å². The van der Waals surface area contributed by atoms with Gasteiger partial charge in [-0.25, -0.2) is 0 Å². The first-order valence-electron chi connectivity index (χ1n) is 5.60. The predicted molar refractivity (Wildman–Crippen MR) is 74.3 cm³/mol. The van der Waals surface area contributed by atoms with Crippen molar-refractivity contribution >= 4 is 23.3 Å². The zero-order chi connectivity index (χ0) is 12.8. The summed E-state index contributed by atoms with van der Waals surface area (Å²) in [5.74, 6) is 1.11. The van der Waals surface area contributed by atoms with Crippen molar-refractivity contribution in [3.8, 4) is 0 Å². The Labute approximate surface area is 106 Å². The molecule has 0 amide bonds. The zero-order valence-electron chi connectivity index (χ0n) is 10.5. The van der Waals surface area contributed by atoms with Gasteiger partial charge in [-0.3, -0.25) is 0 Å². The van der Waals surface area contributed by atoms with Gasteiger partial charge in [-0.1, -0.05) is 18.1 Å². The smallest absolute Gasteiger partial charge is 0.173 e. The molecule has 0 heterocycles. The lowest BCUT2D eigenvalue weighted by molar-refractivity contribution is 0.318. The third-order valence-electron chi connectivity index (χ3n) is 2.55. The topological polar surface area (TPSA) is 61.8 Å². The second-order valence-electron chi connectivity index (χ2n) is 3.58. The van der Waals surface area contributed by atoms with Crippen LogP contribution in [0.3, 0.4) is 0 Å². The molecule has 0 aromatic heterocycles. The minimum Gasteiger partial charge on any atom is -0.409 e. The van der Waals surface area contributed by atoms with Gasteiger partial charge < -0.3 is 15.8 Å². The van der Waals surface area contributed by atoms with Crippen LogP contribution in [0.2, 0.25) is 0 Å². The standard InChI is InChI=1S/C12H19N3OS/c1-4-15(3)9-7-6-8-10(17-5-2)11(9)12(13)14-16/h6-8,16H,4-5H2,1-3H3,(H2,13,14). The lowest BCUT2D eigenvalue weighted by atomic mass is 10.1. The van der Waals surface area contributed by atoms with Gasteiger partial charge in [0.15, 0.2) is 5.84 Å². The predicted octanol–water partition coefficient (Wildman–Crippen LogP) is 2.35. The summed E-state index contributed by atoms with van der Waals surface area (Å²) < 4.78 is 0. The first-order chi connectivity index (χ1) is 8.15. The third kappa shape index (κ3) is 3.06. The van der Waals surface area contributed by atoms with E-state index < -0.39 is 0 Å². The number of amidine groups is 1. The van der Waals surface area contributed by atoms with Crippen LogP contribution in [0.5, 0.6) is 0 Å². The van der Waals surface area contributed by atoms with Crippen molar-refractivity contribution in [1.82, 2.24) is 0 Å². The zero-order valence-corrected chi connectivity index (χ0v) is 11.3. The molecule has 0 atom stereocenters. The van der Waals surface area contributed by atoms with Gasteiger partial charge in [-0.05, 0) is 24.8 Å². The maximum absolute atomic E-state index is 8.89. The van der Waals surface area contributed by atoms with Crippen LogP contribution in [0, 0.1) is 0 Å². The fourth-order valence-electron chi connectivity index (χ4n) is 1.59. The van der Waals surface area contributed by atoms with Gasteiger partial charge in [0, 0.05) is 24.2 Å². The molecule has 0 bridgehead atoms. The second-order valence-corrected chi connectivity index (χ2v) is 4.89. The first-order valence-corrected chi connectivity index (χ1v) is 6.59. The fourth-order valence-corrected chi connectivity index (χ4v) is 2.43. The van der Waals surface area contributed by atoms with E-state index in [0.29, 0.717) is 0 Å². The van der Waals surface area contributed by atoms with Crippen molar-refractivity contribution in [3.05, 3.63) is 23.8 Å². The molecule has 1 aromatic carbocycles. The molecular weight excluding hydrogens is 234 g/mol. The molecule has 1 rings (SSSR count). The highest BCUT2D eigenvalue weighted by molar-refractivity contribution is 7.99. The molecule has 5 heteroatoms. The summed E-state index contributed by atoms with van der Waals surface area (Å²) in [4.78, 5) is 3.12. The number of nitrogens with zero attached hydrogens (tertiary/aromatic N) is 2. The lowest BCUT2D eigenvalue weighted by Gasteiger charge is -2.22. The van der Waals surface area contributed by atoms with Crippen molar-refractivity contribution in [2.45, 2.75) is 18.7 Å². The van der Waals surface area contributed by atoms with Crippen molar-refractivity contribution < 1.29 is 5.21 Å². The molecule has 0 spiro atoms. The average molecular weight is 253 g/mol. The molecular formula is C12H19N3OS. The van der Waals surface area contributed by atoms with E-state index in [1.165, 1.54) is 0 Å². The number of nitrogens with two attached hydrogens (primary N) is 1. The van der Waals surface area contributed by atoms with Gasteiger partial charge in [0.1, 0.15) is 0 Å². The van der Waals surface area contributed by atoms with E-state index in [-0.39, 0.29) is 5.84 Å². The van der Waals surface area contributed by atoms with Gasteiger partial charge >= 0.3 is 0 Å². The van der Waals surface area contributed by atoms with Crippen molar-refractivity contribution in [2.24, 2.45) is 10.9 Å². The normalized spacial score (nSPS) is 11.6. The summed E-state index contributed by atoms with van der Waals surface area (Å²) in [5.41, 5.74) is 7.58. The SMILES string of the molecule is CCSc1cccc(N(C)CC)c1/C(N)=N/O. The highest BCUT2D eigenvalue weighted by Gasteiger charge is 2.14. The summed E-state index contributed by atoms with van der Waals surface area (Å²) in [5, 5.41) is 12.0. The number of benzene rings is 1. The van der Waals surface area contributed by atoms with E-state index >= 15 is 0 Å². The molecule has 1 aromatic rings. The molecule has 0 radical (unpaired) electrons. The average Bonchev–Trinajstić information content (AvgIpc) is 2.37. The number of rotatable bonds is 5. The Balaban J connectivity index is 3.34. The molecule has 0 fully saturated rings. The molecule has 0 aliphatic heterocycles. The summed E-state index contributed by atoms with van der Waals surface area (Å²) in [7, 11) is 1.99. The van der Waals surface area contributed by atoms with Crippen LogP contribution in [0.15, 0.2) is 28.3 Å². The number of thioether (sulfide) groups is 1. The Morgan fingerprint density at radius 2 is 2.18 bits per heavy atom. The third-order valence-corrected chi connectivity index (χ3v) is 3.49. The molecule has 0 aliphatic rings. The van der Waals surface area contributed by atoms with Crippen LogP contribution >= 0.6 is 11.8 Å². The molecule has 17 heavy (non-hydrogen) atoms. The number of hydrogen-bond donors (Lipinski definition) is 2. The Morgan fingerprint density at radius 1 is 1.47 bits per heavy atom. The van der Waals surface area contributed by atoms with Crippen LogP contribution in [0.4, 0.5) is 5.69 Å². The minimum atomic E-state index is 0.164. The Morgan fingerprint density at radius 3 is 2.71 bits per heavy atom.